The van der Waals surface area contributed by atoms with Crippen LogP contribution in [0.1, 0.15) is 16.4 Å². The molecule has 0 radical (unpaired) electrons. The minimum atomic E-state index is -0.242. The molecular weight excluding hydrogens is 272 g/mol. The number of carbonyl (C=O) groups is 1. The molecule has 108 valence electrons. The van der Waals surface area contributed by atoms with Gasteiger partial charge in [-0.25, -0.2) is 0 Å². The average molecular weight is 286 g/mol. The molecule has 21 heavy (non-hydrogen) atoms. The summed E-state index contributed by atoms with van der Waals surface area (Å²) in [6.07, 6.45) is 3.46. The molecule has 0 bridgehead atoms. The van der Waals surface area contributed by atoms with Crippen molar-refractivity contribution >= 4 is 5.91 Å². The molecule has 0 aliphatic heterocycles. The lowest BCUT2D eigenvalue weighted by molar-refractivity contribution is 0.0937. The normalized spacial score (nSPS) is 10.8. The highest BCUT2D eigenvalue weighted by atomic mass is 16.5. The van der Waals surface area contributed by atoms with Crippen molar-refractivity contribution in [1.29, 1.82) is 0 Å². The van der Waals surface area contributed by atoms with E-state index >= 15 is 0 Å². The molecule has 1 amide bonds. The van der Waals surface area contributed by atoms with E-state index in [1.54, 1.807) is 19.3 Å². The minimum absolute atomic E-state index is 0.168. The lowest BCUT2D eigenvalue weighted by Crippen LogP contribution is -2.25. The van der Waals surface area contributed by atoms with Crippen molar-refractivity contribution in [3.63, 3.8) is 0 Å². The third-order valence-corrected chi connectivity index (χ3v) is 3.09. The molecule has 3 aromatic rings. The van der Waals surface area contributed by atoms with Gasteiger partial charge in [-0.15, -0.1) is 0 Å². The number of carbonyl (C=O) groups excluding carboxylic acids is 1. The first-order chi connectivity index (χ1) is 10.1. The number of nitrogens with one attached hydrogen (secondary N) is 1. The number of amides is 1. The fraction of sp³-hybridized carbons (Fsp3) is 0.231. The topological polar surface area (TPSA) is 90.8 Å². The van der Waals surface area contributed by atoms with Gasteiger partial charge in [0.05, 0.1) is 12.2 Å². The van der Waals surface area contributed by atoms with Gasteiger partial charge in [0.15, 0.2) is 0 Å². The summed E-state index contributed by atoms with van der Waals surface area (Å²) in [5, 5.41) is 10.6. The van der Waals surface area contributed by atoms with E-state index in [0.717, 1.165) is 5.69 Å². The molecule has 0 fully saturated rings. The smallest absolute Gasteiger partial charge is 0.269 e. The fourth-order valence-electron chi connectivity index (χ4n) is 1.97. The standard InChI is InChI=1S/C13H14N6O2/c1-18-7-3-4-9(18)12-16-11(21-17-12)8-14-13(20)10-5-6-15-19(10)2/h3-7H,8H2,1-2H3,(H,14,20). The Labute approximate surface area is 120 Å². The zero-order valence-corrected chi connectivity index (χ0v) is 11.6. The molecule has 8 nitrogen and oxygen atoms in total. The third kappa shape index (κ3) is 2.55. The second-order valence-electron chi connectivity index (χ2n) is 4.54. The Kier molecular flexibility index (Phi) is 3.27. The van der Waals surface area contributed by atoms with Gasteiger partial charge in [0.25, 0.3) is 5.91 Å². The van der Waals surface area contributed by atoms with Crippen LogP contribution >= 0.6 is 0 Å². The largest absolute Gasteiger partial charge is 0.348 e. The highest BCUT2D eigenvalue weighted by Crippen LogP contribution is 2.15. The van der Waals surface area contributed by atoms with Gasteiger partial charge in [0.1, 0.15) is 5.69 Å². The summed E-state index contributed by atoms with van der Waals surface area (Å²) in [5.74, 6) is 0.600. The number of rotatable bonds is 4. The van der Waals surface area contributed by atoms with Crippen molar-refractivity contribution in [3.8, 4) is 11.5 Å². The number of hydrogen-bond donors (Lipinski definition) is 1. The molecule has 0 aromatic carbocycles. The van der Waals surface area contributed by atoms with Gasteiger partial charge in [0.2, 0.25) is 11.7 Å². The monoisotopic (exact) mass is 286 g/mol. The van der Waals surface area contributed by atoms with Crippen LogP contribution in [0.5, 0.6) is 0 Å². The van der Waals surface area contributed by atoms with Crippen LogP contribution in [0, 0.1) is 0 Å². The zero-order chi connectivity index (χ0) is 14.8. The Morgan fingerprint density at radius 3 is 2.90 bits per heavy atom. The summed E-state index contributed by atoms with van der Waals surface area (Å²) in [4.78, 5) is 16.2. The van der Waals surface area contributed by atoms with Crippen LogP contribution < -0.4 is 5.32 Å². The van der Waals surface area contributed by atoms with Gasteiger partial charge in [0, 0.05) is 26.5 Å². The number of aryl methyl sites for hydroxylation is 2. The first-order valence-electron chi connectivity index (χ1n) is 6.35. The molecule has 3 rings (SSSR count). The maximum Gasteiger partial charge on any atom is 0.269 e. The Bertz CT molecular complexity index is 769. The van der Waals surface area contributed by atoms with E-state index in [1.165, 1.54) is 4.68 Å². The van der Waals surface area contributed by atoms with Gasteiger partial charge >= 0.3 is 0 Å². The van der Waals surface area contributed by atoms with Crippen molar-refractivity contribution in [1.82, 2.24) is 29.8 Å². The summed E-state index contributed by atoms with van der Waals surface area (Å²) < 4.78 is 8.52. The summed E-state index contributed by atoms with van der Waals surface area (Å²) in [7, 11) is 3.60. The van der Waals surface area contributed by atoms with E-state index in [-0.39, 0.29) is 12.5 Å². The second kappa shape index (κ2) is 5.23. The molecule has 0 saturated heterocycles. The van der Waals surface area contributed by atoms with Crippen LogP contribution in [-0.4, -0.2) is 30.4 Å². The minimum Gasteiger partial charge on any atom is -0.348 e. The van der Waals surface area contributed by atoms with E-state index in [0.29, 0.717) is 17.4 Å². The summed E-state index contributed by atoms with van der Waals surface area (Å²) >= 11 is 0. The van der Waals surface area contributed by atoms with Gasteiger partial charge in [-0.3, -0.25) is 9.48 Å². The predicted molar refractivity (Wildman–Crippen MR) is 73.1 cm³/mol. The third-order valence-electron chi connectivity index (χ3n) is 3.09. The Morgan fingerprint density at radius 2 is 2.24 bits per heavy atom. The maximum absolute atomic E-state index is 11.9. The number of aromatic nitrogens is 5. The van der Waals surface area contributed by atoms with Crippen LogP contribution in [-0.2, 0) is 20.6 Å². The summed E-state index contributed by atoms with van der Waals surface area (Å²) in [5.41, 5.74) is 1.32. The Morgan fingerprint density at radius 1 is 1.38 bits per heavy atom. The quantitative estimate of drug-likeness (QED) is 0.763. The van der Waals surface area contributed by atoms with Gasteiger partial charge in [-0.1, -0.05) is 5.16 Å². The van der Waals surface area contributed by atoms with Crippen molar-refractivity contribution in [2.45, 2.75) is 6.54 Å². The zero-order valence-electron chi connectivity index (χ0n) is 11.6. The molecule has 1 N–H and O–H groups in total. The van der Waals surface area contributed by atoms with E-state index < -0.39 is 0 Å². The van der Waals surface area contributed by atoms with Crippen LogP contribution in [0.4, 0.5) is 0 Å². The fourth-order valence-corrected chi connectivity index (χ4v) is 1.97. The van der Waals surface area contributed by atoms with Crippen molar-refractivity contribution in [2.75, 3.05) is 0 Å². The molecular formula is C13H14N6O2. The van der Waals surface area contributed by atoms with E-state index in [9.17, 15) is 4.79 Å². The molecule has 3 heterocycles. The molecule has 0 atom stereocenters. The van der Waals surface area contributed by atoms with Crippen molar-refractivity contribution in [3.05, 3.63) is 42.2 Å². The van der Waals surface area contributed by atoms with Gasteiger partial charge in [-0.05, 0) is 18.2 Å². The van der Waals surface area contributed by atoms with Gasteiger partial charge < -0.3 is 14.4 Å². The van der Waals surface area contributed by atoms with Crippen LogP contribution in [0.3, 0.4) is 0 Å². The van der Waals surface area contributed by atoms with E-state index in [2.05, 4.69) is 20.6 Å². The Balaban J connectivity index is 1.67. The summed E-state index contributed by atoms with van der Waals surface area (Å²) in [6, 6.07) is 5.43. The van der Waals surface area contributed by atoms with Gasteiger partial charge in [-0.2, -0.15) is 10.1 Å². The second-order valence-corrected chi connectivity index (χ2v) is 4.54. The average Bonchev–Trinajstić information content (AvgIpc) is 3.16. The molecule has 0 saturated carbocycles. The molecule has 0 unspecified atom stereocenters. The molecule has 0 spiro atoms. The number of nitrogens with zero attached hydrogens (tertiary/aromatic N) is 5. The predicted octanol–water partition coefficient (Wildman–Crippen LogP) is 0.739. The lowest BCUT2D eigenvalue weighted by Gasteiger charge is -2.01. The molecule has 8 heteroatoms. The Hall–Kier alpha value is -2.90. The molecule has 3 aromatic heterocycles. The van der Waals surface area contributed by atoms with Crippen LogP contribution in [0.15, 0.2) is 35.1 Å². The van der Waals surface area contributed by atoms with Crippen molar-refractivity contribution in [2.24, 2.45) is 14.1 Å². The van der Waals surface area contributed by atoms with Crippen molar-refractivity contribution < 1.29 is 9.32 Å². The number of hydrogen-bond acceptors (Lipinski definition) is 5. The molecule has 0 aliphatic rings. The molecule has 0 aliphatic carbocycles. The lowest BCUT2D eigenvalue weighted by atomic mass is 10.4. The van der Waals surface area contributed by atoms with Crippen LogP contribution in [0.25, 0.3) is 11.5 Å². The highest BCUT2D eigenvalue weighted by Gasteiger charge is 2.13. The first-order valence-corrected chi connectivity index (χ1v) is 6.35. The van der Waals surface area contributed by atoms with Crippen LogP contribution in [0.2, 0.25) is 0 Å². The van der Waals surface area contributed by atoms with E-state index in [4.69, 9.17) is 4.52 Å². The SMILES string of the molecule is Cn1cccc1-c1noc(CNC(=O)c2ccnn2C)n1. The highest BCUT2D eigenvalue weighted by molar-refractivity contribution is 5.92. The van der Waals surface area contributed by atoms with E-state index in [1.807, 2.05) is 29.9 Å². The summed E-state index contributed by atoms with van der Waals surface area (Å²) in [6.45, 7) is 0.168. The first kappa shape index (κ1) is 13.1. The maximum atomic E-state index is 11.9.